The molecule has 0 spiro atoms. The van der Waals surface area contributed by atoms with Gasteiger partial charge in [-0.2, -0.15) is 4.31 Å². The Bertz CT molecular complexity index is 922. The number of hydrogen-bond donors (Lipinski definition) is 1. The van der Waals surface area contributed by atoms with Crippen molar-refractivity contribution in [3.8, 4) is 0 Å². The molecular weight excluding hydrogens is 366 g/mol. The SMILES string of the molecule is CCCCS(=O)(=O)N1CCCC1C(=O)Nc1ccc2nnc(C(C)C)n2c1. The minimum atomic E-state index is -3.41. The average molecular weight is 394 g/mol. The highest BCUT2D eigenvalue weighted by Crippen LogP contribution is 2.24. The van der Waals surface area contributed by atoms with Crippen LogP contribution in [0.15, 0.2) is 18.3 Å². The summed E-state index contributed by atoms with van der Waals surface area (Å²) < 4.78 is 28.3. The lowest BCUT2D eigenvalue weighted by Gasteiger charge is -2.23. The lowest BCUT2D eigenvalue weighted by molar-refractivity contribution is -0.119. The average Bonchev–Trinajstić information content (AvgIpc) is 3.27. The smallest absolute Gasteiger partial charge is 0.242 e. The molecule has 8 nitrogen and oxygen atoms in total. The third kappa shape index (κ3) is 4.14. The molecule has 1 aliphatic heterocycles. The number of pyridine rings is 1. The van der Waals surface area contributed by atoms with Crippen molar-refractivity contribution >= 4 is 27.3 Å². The molecule has 0 radical (unpaired) electrons. The Kier molecular flexibility index (Phi) is 5.81. The zero-order valence-electron chi connectivity index (χ0n) is 16.1. The highest BCUT2D eigenvalue weighted by atomic mass is 32.2. The van der Waals surface area contributed by atoms with Gasteiger partial charge in [-0.3, -0.25) is 9.20 Å². The van der Waals surface area contributed by atoms with E-state index in [1.165, 1.54) is 4.31 Å². The predicted octanol–water partition coefficient (Wildman–Crippen LogP) is 2.39. The highest BCUT2D eigenvalue weighted by molar-refractivity contribution is 7.89. The summed E-state index contributed by atoms with van der Waals surface area (Å²) in [7, 11) is -3.41. The van der Waals surface area contributed by atoms with Crippen molar-refractivity contribution in [3.05, 3.63) is 24.2 Å². The Balaban J connectivity index is 1.78. The van der Waals surface area contributed by atoms with Crippen molar-refractivity contribution < 1.29 is 13.2 Å². The molecule has 0 saturated carbocycles. The molecule has 1 N–H and O–H groups in total. The largest absolute Gasteiger partial charge is 0.323 e. The van der Waals surface area contributed by atoms with E-state index < -0.39 is 16.1 Å². The maximum atomic E-state index is 12.8. The number of nitrogens with one attached hydrogen (secondary N) is 1. The van der Waals surface area contributed by atoms with Gasteiger partial charge in [0, 0.05) is 18.7 Å². The fourth-order valence-corrected chi connectivity index (χ4v) is 5.26. The van der Waals surface area contributed by atoms with Crippen LogP contribution in [0.25, 0.3) is 5.65 Å². The minimum absolute atomic E-state index is 0.0949. The number of rotatable bonds is 7. The van der Waals surface area contributed by atoms with E-state index in [9.17, 15) is 13.2 Å². The first kappa shape index (κ1) is 19.8. The number of carbonyl (C=O) groups excluding carboxylic acids is 1. The summed E-state index contributed by atoms with van der Waals surface area (Å²) in [6.07, 6.45) is 4.44. The van der Waals surface area contributed by atoms with Gasteiger partial charge in [0.2, 0.25) is 15.9 Å². The molecule has 1 unspecified atom stereocenters. The molecule has 2 aromatic heterocycles. The summed E-state index contributed by atoms with van der Waals surface area (Å²) in [5, 5.41) is 11.2. The van der Waals surface area contributed by atoms with E-state index in [2.05, 4.69) is 15.5 Å². The Morgan fingerprint density at radius 1 is 1.33 bits per heavy atom. The standard InChI is InChI=1S/C18H27N5O3S/c1-4-5-11-27(25,26)23-10-6-7-15(23)18(24)19-14-8-9-16-20-21-17(13(2)3)22(16)12-14/h8-9,12-13,15H,4-7,10-11H2,1-3H3,(H,19,24). The molecule has 1 amide bonds. The molecule has 1 saturated heterocycles. The summed E-state index contributed by atoms with van der Waals surface area (Å²) in [5.74, 6) is 0.814. The van der Waals surface area contributed by atoms with Gasteiger partial charge in [-0.05, 0) is 31.4 Å². The number of anilines is 1. The Labute approximate surface area is 160 Å². The van der Waals surface area contributed by atoms with Crippen LogP contribution in [-0.4, -0.2) is 51.6 Å². The zero-order valence-corrected chi connectivity index (χ0v) is 16.9. The molecule has 148 valence electrons. The van der Waals surface area contributed by atoms with Gasteiger partial charge in [0.25, 0.3) is 0 Å². The molecule has 1 fully saturated rings. The molecular formula is C18H27N5O3S. The van der Waals surface area contributed by atoms with Crippen LogP contribution in [0, 0.1) is 0 Å². The number of fused-ring (bicyclic) bond motifs is 1. The van der Waals surface area contributed by atoms with Crippen LogP contribution in [0.1, 0.15) is 58.2 Å². The summed E-state index contributed by atoms with van der Waals surface area (Å²) >= 11 is 0. The van der Waals surface area contributed by atoms with Crippen molar-refractivity contribution in [2.75, 3.05) is 17.6 Å². The number of amides is 1. The van der Waals surface area contributed by atoms with E-state index in [1.807, 2.05) is 25.2 Å². The van der Waals surface area contributed by atoms with Crippen molar-refractivity contribution in [2.45, 2.75) is 58.4 Å². The summed E-state index contributed by atoms with van der Waals surface area (Å²) in [6, 6.07) is 2.91. The number of aromatic nitrogens is 3. The molecule has 0 bridgehead atoms. The predicted molar refractivity (Wildman–Crippen MR) is 104 cm³/mol. The van der Waals surface area contributed by atoms with E-state index in [1.54, 1.807) is 18.3 Å². The van der Waals surface area contributed by atoms with Gasteiger partial charge in [0.1, 0.15) is 11.9 Å². The van der Waals surface area contributed by atoms with Crippen LogP contribution >= 0.6 is 0 Å². The minimum Gasteiger partial charge on any atom is -0.323 e. The quantitative estimate of drug-likeness (QED) is 0.779. The molecule has 27 heavy (non-hydrogen) atoms. The van der Waals surface area contributed by atoms with E-state index in [-0.39, 0.29) is 17.6 Å². The first-order valence-corrected chi connectivity index (χ1v) is 11.1. The van der Waals surface area contributed by atoms with Crippen molar-refractivity contribution in [2.24, 2.45) is 0 Å². The van der Waals surface area contributed by atoms with Crippen LogP contribution in [0.4, 0.5) is 5.69 Å². The third-order valence-electron chi connectivity index (χ3n) is 4.83. The van der Waals surface area contributed by atoms with Gasteiger partial charge in [-0.15, -0.1) is 10.2 Å². The molecule has 1 aliphatic rings. The zero-order chi connectivity index (χ0) is 19.6. The van der Waals surface area contributed by atoms with E-state index >= 15 is 0 Å². The van der Waals surface area contributed by atoms with Crippen molar-refractivity contribution in [1.82, 2.24) is 18.9 Å². The Morgan fingerprint density at radius 2 is 2.11 bits per heavy atom. The second-order valence-corrected chi connectivity index (χ2v) is 9.33. The number of sulfonamides is 1. The molecule has 0 aliphatic carbocycles. The maximum absolute atomic E-state index is 12.8. The monoisotopic (exact) mass is 393 g/mol. The van der Waals surface area contributed by atoms with Crippen LogP contribution < -0.4 is 5.32 Å². The fraction of sp³-hybridized carbons (Fsp3) is 0.611. The van der Waals surface area contributed by atoms with Crippen molar-refractivity contribution in [3.63, 3.8) is 0 Å². The maximum Gasteiger partial charge on any atom is 0.242 e. The fourth-order valence-electron chi connectivity index (χ4n) is 3.38. The molecule has 2 aromatic rings. The Hall–Kier alpha value is -2.00. The summed E-state index contributed by atoms with van der Waals surface area (Å²) in [5.41, 5.74) is 1.31. The van der Waals surface area contributed by atoms with Gasteiger partial charge in [0.15, 0.2) is 5.65 Å². The van der Waals surface area contributed by atoms with E-state index in [0.29, 0.717) is 37.1 Å². The Morgan fingerprint density at radius 3 is 2.81 bits per heavy atom. The van der Waals surface area contributed by atoms with Gasteiger partial charge in [-0.1, -0.05) is 27.2 Å². The van der Waals surface area contributed by atoms with Crippen LogP contribution in [0.2, 0.25) is 0 Å². The first-order valence-electron chi connectivity index (χ1n) is 9.48. The molecule has 1 atom stereocenters. The second-order valence-electron chi connectivity index (χ2n) is 7.29. The highest BCUT2D eigenvalue weighted by Gasteiger charge is 2.38. The number of nitrogens with zero attached hydrogens (tertiary/aromatic N) is 4. The molecule has 3 rings (SSSR count). The molecule has 3 heterocycles. The normalized spacial score (nSPS) is 18.4. The molecule has 0 aromatic carbocycles. The van der Waals surface area contributed by atoms with Crippen LogP contribution in [0.3, 0.4) is 0 Å². The van der Waals surface area contributed by atoms with Gasteiger partial charge in [0.05, 0.1) is 11.4 Å². The molecule has 9 heteroatoms. The summed E-state index contributed by atoms with van der Waals surface area (Å²) in [6.45, 7) is 6.42. The van der Waals surface area contributed by atoms with Gasteiger partial charge < -0.3 is 5.32 Å². The van der Waals surface area contributed by atoms with Gasteiger partial charge in [-0.25, -0.2) is 8.42 Å². The van der Waals surface area contributed by atoms with Crippen LogP contribution in [-0.2, 0) is 14.8 Å². The van der Waals surface area contributed by atoms with Crippen LogP contribution in [0.5, 0.6) is 0 Å². The van der Waals surface area contributed by atoms with E-state index in [0.717, 1.165) is 12.2 Å². The topological polar surface area (TPSA) is 96.7 Å². The number of unbranched alkanes of at least 4 members (excludes halogenated alkanes) is 1. The van der Waals surface area contributed by atoms with Crippen molar-refractivity contribution in [1.29, 1.82) is 0 Å². The number of carbonyl (C=O) groups is 1. The lowest BCUT2D eigenvalue weighted by Crippen LogP contribution is -2.44. The van der Waals surface area contributed by atoms with Gasteiger partial charge >= 0.3 is 0 Å². The third-order valence-corrected chi connectivity index (χ3v) is 6.79. The van der Waals surface area contributed by atoms with E-state index in [4.69, 9.17) is 0 Å². The second kappa shape index (κ2) is 7.93. The lowest BCUT2D eigenvalue weighted by atomic mass is 10.2. The summed E-state index contributed by atoms with van der Waals surface area (Å²) in [4.78, 5) is 12.8. The first-order chi connectivity index (χ1) is 12.8. The number of hydrogen-bond acceptors (Lipinski definition) is 5.